The van der Waals surface area contributed by atoms with E-state index in [9.17, 15) is 14.4 Å². The van der Waals surface area contributed by atoms with E-state index in [0.29, 0.717) is 70.9 Å². The molecule has 2 aliphatic rings. The number of methoxy groups -OCH3 is 1. The second kappa shape index (κ2) is 12.9. The number of carbonyl (C=O) groups is 3. The fraction of sp³-hybridized carbons (Fsp3) is 0.414. The summed E-state index contributed by atoms with van der Waals surface area (Å²) in [5.74, 6) is 0.0543. The standard InChI is InChI=1S/C29H34Cl2N4O5/c1-5-34-24(17-33-12-13-35(18(3)16-33)27(36)20-8-7-9-21(14-20)39-4)25(28(37)40-6-2)26(32-29(34)38)19-10-11-22(30)23(31)15-19/h7-11,14-15,18,26H,5-6,12-13,16-17H2,1-4H3,(H,32,38). The molecule has 2 atom stereocenters. The minimum Gasteiger partial charge on any atom is -0.497 e. The molecule has 0 saturated carbocycles. The first-order chi connectivity index (χ1) is 19.2. The number of urea groups is 1. The van der Waals surface area contributed by atoms with Crippen LogP contribution in [0.4, 0.5) is 4.79 Å². The summed E-state index contributed by atoms with van der Waals surface area (Å²) in [6.45, 7) is 8.10. The number of hydrogen-bond donors (Lipinski definition) is 1. The Morgan fingerprint density at radius 2 is 1.85 bits per heavy atom. The van der Waals surface area contributed by atoms with Gasteiger partial charge in [0.1, 0.15) is 5.75 Å². The molecule has 2 aromatic rings. The zero-order valence-electron chi connectivity index (χ0n) is 23.1. The topological polar surface area (TPSA) is 91.4 Å². The van der Waals surface area contributed by atoms with E-state index >= 15 is 0 Å². The summed E-state index contributed by atoms with van der Waals surface area (Å²) in [6.07, 6.45) is 0. The number of ether oxygens (including phenoxy) is 2. The minimum atomic E-state index is -0.757. The van der Waals surface area contributed by atoms with Crippen molar-refractivity contribution in [3.8, 4) is 5.75 Å². The quantitative estimate of drug-likeness (QED) is 0.447. The van der Waals surface area contributed by atoms with Gasteiger partial charge in [-0.25, -0.2) is 9.59 Å². The van der Waals surface area contributed by atoms with Gasteiger partial charge in [-0.1, -0.05) is 35.3 Å². The first-order valence-corrected chi connectivity index (χ1v) is 14.0. The molecule has 1 N–H and O–H groups in total. The van der Waals surface area contributed by atoms with Crippen molar-refractivity contribution in [3.05, 3.63) is 74.9 Å². The van der Waals surface area contributed by atoms with Crippen LogP contribution in [0, 0.1) is 0 Å². The van der Waals surface area contributed by atoms with Crippen molar-refractivity contribution in [2.24, 2.45) is 0 Å². The maximum Gasteiger partial charge on any atom is 0.338 e. The molecule has 9 nitrogen and oxygen atoms in total. The number of esters is 1. The van der Waals surface area contributed by atoms with E-state index in [0.717, 1.165) is 0 Å². The Balaban J connectivity index is 1.63. The number of halogens is 2. The van der Waals surface area contributed by atoms with E-state index in [1.165, 1.54) is 0 Å². The van der Waals surface area contributed by atoms with Crippen molar-refractivity contribution in [2.75, 3.05) is 46.4 Å². The van der Waals surface area contributed by atoms with Crippen LogP contribution in [0.1, 0.15) is 42.7 Å². The maximum absolute atomic E-state index is 13.4. The summed E-state index contributed by atoms with van der Waals surface area (Å²) >= 11 is 12.4. The van der Waals surface area contributed by atoms with Crippen molar-refractivity contribution >= 4 is 41.1 Å². The molecule has 0 radical (unpaired) electrons. The Labute approximate surface area is 244 Å². The zero-order valence-corrected chi connectivity index (χ0v) is 24.6. The van der Waals surface area contributed by atoms with Gasteiger partial charge in [0.2, 0.25) is 0 Å². The van der Waals surface area contributed by atoms with Gasteiger partial charge in [-0.2, -0.15) is 0 Å². The molecule has 2 unspecified atom stereocenters. The average Bonchev–Trinajstić information content (AvgIpc) is 2.94. The molecule has 4 rings (SSSR count). The largest absolute Gasteiger partial charge is 0.497 e. The highest BCUT2D eigenvalue weighted by Crippen LogP contribution is 2.35. The van der Waals surface area contributed by atoms with Crippen LogP contribution in [0.3, 0.4) is 0 Å². The Morgan fingerprint density at radius 3 is 2.50 bits per heavy atom. The Morgan fingerprint density at radius 1 is 1.07 bits per heavy atom. The van der Waals surface area contributed by atoms with Crippen molar-refractivity contribution < 1.29 is 23.9 Å². The van der Waals surface area contributed by atoms with E-state index in [4.69, 9.17) is 32.7 Å². The summed E-state index contributed by atoms with van der Waals surface area (Å²) in [4.78, 5) is 45.5. The van der Waals surface area contributed by atoms with Crippen LogP contribution >= 0.6 is 23.2 Å². The van der Waals surface area contributed by atoms with Crippen LogP contribution in [0.2, 0.25) is 10.0 Å². The number of amides is 3. The van der Waals surface area contributed by atoms with Crippen LogP contribution in [-0.2, 0) is 9.53 Å². The molecule has 0 aromatic heterocycles. The van der Waals surface area contributed by atoms with Crippen molar-refractivity contribution in [1.29, 1.82) is 0 Å². The number of nitrogens with one attached hydrogen (secondary N) is 1. The van der Waals surface area contributed by atoms with E-state index in [1.54, 1.807) is 61.4 Å². The summed E-state index contributed by atoms with van der Waals surface area (Å²) in [6, 6.07) is 11.0. The second-order valence-electron chi connectivity index (χ2n) is 9.70. The summed E-state index contributed by atoms with van der Waals surface area (Å²) in [5.41, 5.74) is 2.11. The van der Waals surface area contributed by atoms with E-state index in [-0.39, 0.29) is 24.6 Å². The summed E-state index contributed by atoms with van der Waals surface area (Å²) < 4.78 is 10.7. The van der Waals surface area contributed by atoms with Gasteiger partial charge in [-0.3, -0.25) is 14.6 Å². The first kappa shape index (κ1) is 29.7. The smallest absolute Gasteiger partial charge is 0.338 e. The molecule has 11 heteroatoms. The molecule has 2 aliphatic heterocycles. The molecule has 2 heterocycles. The van der Waals surface area contributed by atoms with Crippen LogP contribution in [0.25, 0.3) is 0 Å². The number of carbonyl (C=O) groups excluding carboxylic acids is 3. The van der Waals surface area contributed by atoms with Gasteiger partial charge in [-0.15, -0.1) is 0 Å². The van der Waals surface area contributed by atoms with E-state index in [1.807, 2.05) is 18.7 Å². The highest BCUT2D eigenvalue weighted by Gasteiger charge is 2.39. The Bertz CT molecular complexity index is 1320. The van der Waals surface area contributed by atoms with Gasteiger partial charge in [0.25, 0.3) is 5.91 Å². The lowest BCUT2D eigenvalue weighted by molar-refractivity contribution is -0.139. The van der Waals surface area contributed by atoms with Gasteiger partial charge >= 0.3 is 12.0 Å². The molecular weight excluding hydrogens is 555 g/mol. The zero-order chi connectivity index (χ0) is 29.0. The lowest BCUT2D eigenvalue weighted by Gasteiger charge is -2.43. The van der Waals surface area contributed by atoms with Crippen molar-refractivity contribution in [2.45, 2.75) is 32.9 Å². The molecule has 0 bridgehead atoms. The molecule has 1 fully saturated rings. The summed E-state index contributed by atoms with van der Waals surface area (Å²) in [5, 5.41) is 3.64. The fourth-order valence-corrected chi connectivity index (χ4v) is 5.52. The molecule has 40 heavy (non-hydrogen) atoms. The Hall–Kier alpha value is -3.27. The van der Waals surface area contributed by atoms with Gasteiger partial charge < -0.3 is 19.7 Å². The van der Waals surface area contributed by atoms with Gasteiger partial charge in [0, 0.05) is 50.0 Å². The molecule has 1 saturated heterocycles. The number of piperazine rings is 1. The van der Waals surface area contributed by atoms with Crippen molar-refractivity contribution in [1.82, 2.24) is 20.0 Å². The number of likely N-dealkylation sites (N-methyl/N-ethyl adjacent to an activating group) is 1. The maximum atomic E-state index is 13.4. The molecular formula is C29H34Cl2N4O5. The predicted octanol–water partition coefficient (Wildman–Crippen LogP) is 4.75. The third-order valence-electron chi connectivity index (χ3n) is 7.19. The average molecular weight is 590 g/mol. The third-order valence-corrected chi connectivity index (χ3v) is 7.93. The lowest BCUT2D eigenvalue weighted by atomic mass is 9.94. The molecule has 0 aliphatic carbocycles. The molecule has 214 valence electrons. The summed E-state index contributed by atoms with van der Waals surface area (Å²) in [7, 11) is 1.57. The third kappa shape index (κ3) is 6.22. The van der Waals surface area contributed by atoms with Gasteiger partial charge in [0.05, 0.1) is 35.4 Å². The Kier molecular flexibility index (Phi) is 9.60. The fourth-order valence-electron chi connectivity index (χ4n) is 5.21. The second-order valence-corrected chi connectivity index (χ2v) is 10.5. The van der Waals surface area contributed by atoms with E-state index in [2.05, 4.69) is 10.2 Å². The lowest BCUT2D eigenvalue weighted by Crippen LogP contribution is -2.56. The van der Waals surface area contributed by atoms with Gasteiger partial charge in [-0.05, 0) is 56.7 Å². The number of nitrogens with zero attached hydrogens (tertiary/aromatic N) is 3. The highest BCUT2D eigenvalue weighted by molar-refractivity contribution is 6.42. The molecule has 3 amide bonds. The van der Waals surface area contributed by atoms with Crippen LogP contribution in [-0.4, -0.2) is 85.1 Å². The predicted molar refractivity (Wildman–Crippen MR) is 154 cm³/mol. The van der Waals surface area contributed by atoms with Crippen LogP contribution in [0.5, 0.6) is 5.75 Å². The first-order valence-electron chi connectivity index (χ1n) is 13.3. The van der Waals surface area contributed by atoms with E-state index < -0.39 is 12.0 Å². The van der Waals surface area contributed by atoms with Gasteiger partial charge in [0.15, 0.2) is 0 Å². The minimum absolute atomic E-state index is 0.0654. The van der Waals surface area contributed by atoms with Crippen molar-refractivity contribution in [3.63, 3.8) is 0 Å². The number of rotatable bonds is 8. The number of hydrogen-bond acceptors (Lipinski definition) is 6. The van der Waals surface area contributed by atoms with Crippen LogP contribution < -0.4 is 10.1 Å². The normalized spacial score (nSPS) is 19.9. The molecule has 0 spiro atoms. The highest BCUT2D eigenvalue weighted by atomic mass is 35.5. The SMILES string of the molecule is CCOC(=O)C1=C(CN2CCN(C(=O)c3cccc(OC)c3)C(C)C2)N(CC)C(=O)NC1c1ccc(Cl)c(Cl)c1. The molecule has 2 aromatic carbocycles. The monoisotopic (exact) mass is 588 g/mol. The number of benzene rings is 2. The van der Waals surface area contributed by atoms with Crippen LogP contribution in [0.15, 0.2) is 53.7 Å².